The zero-order valence-electron chi connectivity index (χ0n) is 13.7. The maximum absolute atomic E-state index is 11.5. The number of nitrogens with one attached hydrogen (secondary N) is 1. The molecule has 8 heteroatoms. The van der Waals surface area contributed by atoms with Crippen LogP contribution in [0.1, 0.15) is 16.1 Å². The minimum atomic E-state index is -0.550. The lowest BCUT2D eigenvalue weighted by Crippen LogP contribution is -2.15. The van der Waals surface area contributed by atoms with Crippen LogP contribution in [0, 0.1) is 0 Å². The zero-order valence-corrected chi connectivity index (χ0v) is 13.7. The predicted octanol–water partition coefficient (Wildman–Crippen LogP) is 1.90. The number of nitrogens with zero attached hydrogens (tertiary/aromatic N) is 5. The van der Waals surface area contributed by atoms with Crippen LogP contribution in [0.3, 0.4) is 0 Å². The molecule has 0 aliphatic rings. The molecule has 26 heavy (non-hydrogen) atoms. The standard InChI is InChI=1S/C18H15N7O/c19-16(26)15-8-4-7-14-13(10-23-25(14)15)17-21-11-22-18(24-17)20-9-12-5-2-1-3-6-12/h1-8,10-11H,9H2,(H2,19,26)(H,20,21,22,24). The maximum atomic E-state index is 11.5. The van der Waals surface area contributed by atoms with Crippen LogP contribution >= 0.6 is 0 Å². The number of aromatic nitrogens is 5. The smallest absolute Gasteiger partial charge is 0.267 e. The third kappa shape index (κ3) is 2.95. The lowest BCUT2D eigenvalue weighted by atomic mass is 10.2. The fourth-order valence-corrected chi connectivity index (χ4v) is 2.66. The molecule has 0 unspecified atom stereocenters. The molecule has 0 bridgehead atoms. The number of pyridine rings is 1. The van der Waals surface area contributed by atoms with E-state index in [4.69, 9.17) is 5.73 Å². The van der Waals surface area contributed by atoms with Gasteiger partial charge in [0.1, 0.15) is 12.0 Å². The van der Waals surface area contributed by atoms with E-state index in [2.05, 4.69) is 25.4 Å². The van der Waals surface area contributed by atoms with Gasteiger partial charge in [-0.2, -0.15) is 10.1 Å². The minimum Gasteiger partial charge on any atom is -0.364 e. The van der Waals surface area contributed by atoms with Crippen LogP contribution in [-0.4, -0.2) is 30.5 Å². The highest BCUT2D eigenvalue weighted by atomic mass is 16.1. The first-order valence-electron chi connectivity index (χ1n) is 7.96. The van der Waals surface area contributed by atoms with E-state index in [1.165, 1.54) is 10.8 Å². The third-order valence-corrected chi connectivity index (χ3v) is 3.90. The Bertz CT molecular complexity index is 1080. The Kier molecular flexibility index (Phi) is 3.98. The SMILES string of the molecule is NC(=O)c1cccc2c(-c3ncnc(NCc4ccccc4)n3)cnn12. The van der Waals surface area contributed by atoms with Crippen molar-refractivity contribution in [2.45, 2.75) is 6.54 Å². The van der Waals surface area contributed by atoms with Gasteiger partial charge >= 0.3 is 0 Å². The molecule has 128 valence electrons. The van der Waals surface area contributed by atoms with Gasteiger partial charge in [0.05, 0.1) is 17.3 Å². The van der Waals surface area contributed by atoms with Gasteiger partial charge in [-0.25, -0.2) is 14.5 Å². The number of carbonyl (C=O) groups excluding carboxylic acids is 1. The molecule has 3 aromatic heterocycles. The summed E-state index contributed by atoms with van der Waals surface area (Å²) in [6.45, 7) is 0.602. The average molecular weight is 345 g/mol. The molecule has 0 atom stereocenters. The number of rotatable bonds is 5. The molecule has 0 fully saturated rings. The molecule has 0 saturated heterocycles. The van der Waals surface area contributed by atoms with Crippen molar-refractivity contribution in [1.82, 2.24) is 24.6 Å². The van der Waals surface area contributed by atoms with E-state index in [0.717, 1.165) is 5.56 Å². The highest BCUT2D eigenvalue weighted by molar-refractivity contribution is 5.92. The molecule has 3 N–H and O–H groups in total. The van der Waals surface area contributed by atoms with Gasteiger partial charge in [-0.15, -0.1) is 0 Å². The van der Waals surface area contributed by atoms with Crippen molar-refractivity contribution in [2.75, 3.05) is 5.32 Å². The molecule has 3 heterocycles. The lowest BCUT2D eigenvalue weighted by Gasteiger charge is -2.06. The van der Waals surface area contributed by atoms with Gasteiger partial charge in [0.2, 0.25) is 5.95 Å². The summed E-state index contributed by atoms with van der Waals surface area (Å²) >= 11 is 0. The second kappa shape index (κ2) is 6.60. The van der Waals surface area contributed by atoms with Gasteiger partial charge < -0.3 is 11.1 Å². The van der Waals surface area contributed by atoms with Crippen LogP contribution in [0.15, 0.2) is 61.1 Å². The Morgan fingerprint density at radius 3 is 2.73 bits per heavy atom. The molecule has 0 spiro atoms. The van der Waals surface area contributed by atoms with Gasteiger partial charge in [-0.1, -0.05) is 36.4 Å². The van der Waals surface area contributed by atoms with E-state index in [1.54, 1.807) is 18.3 Å². The number of fused-ring (bicyclic) bond motifs is 1. The van der Waals surface area contributed by atoms with Crippen molar-refractivity contribution in [2.24, 2.45) is 5.73 Å². The number of amides is 1. The van der Waals surface area contributed by atoms with Crippen molar-refractivity contribution in [3.05, 3.63) is 72.3 Å². The fraction of sp³-hybridized carbons (Fsp3) is 0.0556. The first kappa shape index (κ1) is 15.7. The highest BCUT2D eigenvalue weighted by Gasteiger charge is 2.14. The zero-order chi connectivity index (χ0) is 17.9. The predicted molar refractivity (Wildman–Crippen MR) is 96.3 cm³/mol. The minimum absolute atomic E-state index is 0.297. The van der Waals surface area contributed by atoms with Crippen molar-refractivity contribution in [3.63, 3.8) is 0 Å². The van der Waals surface area contributed by atoms with Crippen molar-refractivity contribution >= 4 is 17.4 Å². The Morgan fingerprint density at radius 1 is 1.08 bits per heavy atom. The monoisotopic (exact) mass is 345 g/mol. The van der Waals surface area contributed by atoms with E-state index >= 15 is 0 Å². The van der Waals surface area contributed by atoms with Gasteiger partial charge in [-0.05, 0) is 17.7 Å². The third-order valence-electron chi connectivity index (χ3n) is 3.90. The van der Waals surface area contributed by atoms with E-state index in [9.17, 15) is 4.79 Å². The summed E-state index contributed by atoms with van der Waals surface area (Å²) in [6, 6.07) is 15.2. The lowest BCUT2D eigenvalue weighted by molar-refractivity contribution is 0.0993. The number of hydrogen-bond acceptors (Lipinski definition) is 6. The topological polar surface area (TPSA) is 111 Å². The van der Waals surface area contributed by atoms with Crippen LogP contribution in [0.25, 0.3) is 16.9 Å². The maximum Gasteiger partial charge on any atom is 0.267 e. The molecule has 0 saturated carbocycles. The molecule has 0 aliphatic heterocycles. The van der Waals surface area contributed by atoms with Crippen LogP contribution in [0.5, 0.6) is 0 Å². The summed E-state index contributed by atoms with van der Waals surface area (Å²) < 4.78 is 1.48. The van der Waals surface area contributed by atoms with Crippen molar-refractivity contribution in [3.8, 4) is 11.4 Å². The molecule has 0 aliphatic carbocycles. The Balaban J connectivity index is 1.65. The van der Waals surface area contributed by atoms with Crippen LogP contribution < -0.4 is 11.1 Å². The number of nitrogens with two attached hydrogens (primary N) is 1. The van der Waals surface area contributed by atoms with Crippen molar-refractivity contribution < 1.29 is 4.79 Å². The molecular weight excluding hydrogens is 330 g/mol. The first-order chi connectivity index (χ1) is 12.7. The summed E-state index contributed by atoms with van der Waals surface area (Å²) in [6.07, 6.45) is 3.05. The summed E-state index contributed by atoms with van der Waals surface area (Å²) in [5.74, 6) is 0.377. The molecule has 4 rings (SSSR count). The van der Waals surface area contributed by atoms with Crippen molar-refractivity contribution in [1.29, 1.82) is 0 Å². The fourth-order valence-electron chi connectivity index (χ4n) is 2.66. The number of primary amides is 1. The van der Waals surface area contributed by atoms with Crippen LogP contribution in [0.4, 0.5) is 5.95 Å². The molecule has 0 radical (unpaired) electrons. The summed E-state index contributed by atoms with van der Waals surface area (Å²) in [7, 11) is 0. The second-order valence-corrected chi connectivity index (χ2v) is 5.60. The molecule has 4 aromatic rings. The van der Waals surface area contributed by atoms with Crippen LogP contribution in [-0.2, 0) is 6.54 Å². The number of carbonyl (C=O) groups is 1. The summed E-state index contributed by atoms with van der Waals surface area (Å²) in [4.78, 5) is 24.4. The average Bonchev–Trinajstić information content (AvgIpc) is 3.11. The van der Waals surface area contributed by atoms with E-state index in [1.807, 2.05) is 36.4 Å². The second-order valence-electron chi connectivity index (χ2n) is 5.60. The number of benzene rings is 1. The summed E-state index contributed by atoms with van der Waals surface area (Å²) in [5, 5.41) is 7.41. The molecule has 1 aromatic carbocycles. The highest BCUT2D eigenvalue weighted by Crippen LogP contribution is 2.22. The first-order valence-corrected chi connectivity index (χ1v) is 7.96. The Hall–Kier alpha value is -3.81. The van der Waals surface area contributed by atoms with E-state index < -0.39 is 5.91 Å². The number of hydrogen-bond donors (Lipinski definition) is 2. The van der Waals surface area contributed by atoms with Gasteiger partial charge in [-0.3, -0.25) is 4.79 Å². The van der Waals surface area contributed by atoms with E-state index in [0.29, 0.717) is 35.1 Å². The van der Waals surface area contributed by atoms with Gasteiger partial charge in [0.25, 0.3) is 5.91 Å². The largest absolute Gasteiger partial charge is 0.364 e. The normalized spacial score (nSPS) is 10.8. The number of anilines is 1. The van der Waals surface area contributed by atoms with E-state index in [-0.39, 0.29) is 0 Å². The molecular formula is C18H15N7O. The van der Waals surface area contributed by atoms with Crippen LogP contribution in [0.2, 0.25) is 0 Å². The van der Waals surface area contributed by atoms with Gasteiger partial charge in [0, 0.05) is 6.54 Å². The molecule has 8 nitrogen and oxygen atoms in total. The summed E-state index contributed by atoms with van der Waals surface area (Å²) in [5.41, 5.74) is 8.20. The quantitative estimate of drug-likeness (QED) is 0.571. The molecule has 1 amide bonds. The Labute approximate surface area is 148 Å². The Morgan fingerprint density at radius 2 is 1.92 bits per heavy atom. The van der Waals surface area contributed by atoms with Gasteiger partial charge in [0.15, 0.2) is 5.82 Å².